The summed E-state index contributed by atoms with van der Waals surface area (Å²) in [6.45, 7) is 3.32. The molecule has 4 heteroatoms. The number of thiophene rings is 1. The summed E-state index contributed by atoms with van der Waals surface area (Å²) in [5, 5.41) is 10.1. The van der Waals surface area contributed by atoms with Gasteiger partial charge in [0.25, 0.3) is 0 Å². The maximum atomic E-state index is 10.1. The molecule has 0 aliphatic carbocycles. The first-order valence-electron chi connectivity index (χ1n) is 8.30. The summed E-state index contributed by atoms with van der Waals surface area (Å²) in [7, 11) is 0. The summed E-state index contributed by atoms with van der Waals surface area (Å²) in [4.78, 5) is 3.79. The van der Waals surface area contributed by atoms with E-state index in [-0.39, 0.29) is 12.0 Å². The van der Waals surface area contributed by atoms with Crippen LogP contribution in [0.4, 0.5) is 0 Å². The van der Waals surface area contributed by atoms with E-state index in [2.05, 4.69) is 41.3 Å². The summed E-state index contributed by atoms with van der Waals surface area (Å²) in [6.07, 6.45) is 4.38. The van der Waals surface area contributed by atoms with Crippen molar-refractivity contribution in [2.75, 3.05) is 19.7 Å². The number of hydrogen-bond donors (Lipinski definition) is 1. The molecule has 2 heterocycles. The van der Waals surface area contributed by atoms with Gasteiger partial charge in [-0.3, -0.25) is 4.90 Å². The van der Waals surface area contributed by atoms with Gasteiger partial charge < -0.3 is 5.11 Å². The van der Waals surface area contributed by atoms with Crippen molar-refractivity contribution >= 4 is 22.9 Å². The highest BCUT2D eigenvalue weighted by atomic mass is 35.5. The molecule has 1 fully saturated rings. The first kappa shape index (κ1) is 17.0. The van der Waals surface area contributed by atoms with Crippen molar-refractivity contribution in [2.24, 2.45) is 5.41 Å². The molecule has 0 unspecified atom stereocenters. The van der Waals surface area contributed by atoms with Crippen molar-refractivity contribution in [2.45, 2.75) is 32.2 Å². The van der Waals surface area contributed by atoms with Gasteiger partial charge in [-0.1, -0.05) is 41.9 Å². The molecule has 0 saturated carbocycles. The van der Waals surface area contributed by atoms with Gasteiger partial charge in [0.1, 0.15) is 0 Å². The zero-order valence-electron chi connectivity index (χ0n) is 13.4. The second-order valence-corrected chi connectivity index (χ2v) is 8.46. The average molecular weight is 350 g/mol. The monoisotopic (exact) mass is 349 g/mol. The number of rotatable bonds is 6. The fourth-order valence-electron chi connectivity index (χ4n) is 3.57. The molecule has 0 radical (unpaired) electrons. The summed E-state index contributed by atoms with van der Waals surface area (Å²) < 4.78 is 0.856. The molecule has 1 N–H and O–H groups in total. The van der Waals surface area contributed by atoms with Gasteiger partial charge in [-0.2, -0.15) is 0 Å². The molecule has 1 aromatic carbocycles. The normalized spacial score (nSPS) is 22.3. The minimum Gasteiger partial charge on any atom is -0.396 e. The molecular formula is C19H24ClNOS. The summed E-state index contributed by atoms with van der Waals surface area (Å²) in [5.74, 6) is 0. The predicted octanol–water partition coefficient (Wildman–Crippen LogP) is 4.61. The van der Waals surface area contributed by atoms with E-state index >= 15 is 0 Å². The van der Waals surface area contributed by atoms with E-state index in [1.165, 1.54) is 10.4 Å². The Kier molecular flexibility index (Phi) is 5.76. The topological polar surface area (TPSA) is 23.5 Å². The van der Waals surface area contributed by atoms with Gasteiger partial charge in [-0.15, -0.1) is 11.3 Å². The smallest absolute Gasteiger partial charge is 0.0931 e. The third kappa shape index (κ3) is 4.57. The van der Waals surface area contributed by atoms with Gasteiger partial charge in [0.15, 0.2) is 0 Å². The van der Waals surface area contributed by atoms with E-state index in [1.54, 1.807) is 11.3 Å². The van der Waals surface area contributed by atoms with Crippen LogP contribution in [-0.2, 0) is 13.0 Å². The lowest BCUT2D eigenvalue weighted by atomic mass is 9.76. The SMILES string of the molecule is OC[C@]1(CCc2ccccc2)CCCN(Cc2ccc(Cl)s2)C1. The molecule has 124 valence electrons. The Morgan fingerprint density at radius 3 is 2.70 bits per heavy atom. The highest BCUT2D eigenvalue weighted by Crippen LogP contribution is 2.35. The molecule has 23 heavy (non-hydrogen) atoms. The number of aliphatic hydroxyl groups excluding tert-OH is 1. The van der Waals surface area contributed by atoms with E-state index in [0.717, 1.165) is 49.7 Å². The van der Waals surface area contributed by atoms with Crippen molar-refractivity contribution in [3.05, 3.63) is 57.2 Å². The number of nitrogens with zero attached hydrogens (tertiary/aromatic N) is 1. The Morgan fingerprint density at radius 1 is 1.17 bits per heavy atom. The second kappa shape index (κ2) is 7.80. The quantitative estimate of drug-likeness (QED) is 0.823. The molecule has 1 saturated heterocycles. The lowest BCUT2D eigenvalue weighted by Crippen LogP contribution is -2.45. The number of aliphatic hydroxyl groups is 1. The fourth-order valence-corrected chi connectivity index (χ4v) is 4.70. The molecule has 0 amide bonds. The van der Waals surface area contributed by atoms with E-state index in [4.69, 9.17) is 11.6 Å². The molecule has 2 nitrogen and oxygen atoms in total. The molecule has 0 spiro atoms. The maximum Gasteiger partial charge on any atom is 0.0931 e. The van der Waals surface area contributed by atoms with Gasteiger partial charge in [0.2, 0.25) is 0 Å². The lowest BCUT2D eigenvalue weighted by Gasteiger charge is -2.42. The van der Waals surface area contributed by atoms with Crippen LogP contribution in [-0.4, -0.2) is 29.7 Å². The van der Waals surface area contributed by atoms with Crippen molar-refractivity contribution in [1.82, 2.24) is 4.90 Å². The van der Waals surface area contributed by atoms with Crippen molar-refractivity contribution in [3.63, 3.8) is 0 Å². The molecule has 1 atom stereocenters. The van der Waals surface area contributed by atoms with Crippen molar-refractivity contribution in [3.8, 4) is 0 Å². The van der Waals surface area contributed by atoms with E-state index in [1.807, 2.05) is 6.07 Å². The molecule has 1 aliphatic rings. The van der Waals surface area contributed by atoms with Gasteiger partial charge in [0, 0.05) is 30.0 Å². The number of aryl methyl sites for hydroxylation is 1. The highest BCUT2D eigenvalue weighted by Gasteiger charge is 2.34. The lowest BCUT2D eigenvalue weighted by molar-refractivity contribution is 0.0228. The number of hydrogen-bond acceptors (Lipinski definition) is 3. The molecule has 1 aromatic heterocycles. The number of benzene rings is 1. The summed E-state index contributed by atoms with van der Waals surface area (Å²) >= 11 is 7.70. The predicted molar refractivity (Wildman–Crippen MR) is 98.1 cm³/mol. The maximum absolute atomic E-state index is 10.1. The third-order valence-corrected chi connectivity index (χ3v) is 6.09. The molecule has 1 aliphatic heterocycles. The largest absolute Gasteiger partial charge is 0.396 e. The third-order valence-electron chi connectivity index (χ3n) is 4.87. The Hall–Kier alpha value is -0.870. The van der Waals surface area contributed by atoms with Gasteiger partial charge in [-0.25, -0.2) is 0 Å². The Bertz CT molecular complexity index is 615. The Labute approximate surface area is 147 Å². The first-order chi connectivity index (χ1) is 11.2. The van der Waals surface area contributed by atoms with Crippen LogP contribution in [0.1, 0.15) is 29.7 Å². The molecule has 0 bridgehead atoms. The van der Waals surface area contributed by atoms with Crippen LogP contribution in [0.25, 0.3) is 0 Å². The number of piperidine rings is 1. The van der Waals surface area contributed by atoms with Crippen LogP contribution in [0.5, 0.6) is 0 Å². The number of halogens is 1. The van der Waals surface area contributed by atoms with Gasteiger partial charge in [0.05, 0.1) is 4.34 Å². The minimum absolute atomic E-state index is 0.0369. The van der Waals surface area contributed by atoms with E-state index < -0.39 is 0 Å². The summed E-state index contributed by atoms with van der Waals surface area (Å²) in [6, 6.07) is 14.7. The van der Waals surface area contributed by atoms with Crippen LogP contribution in [0, 0.1) is 5.41 Å². The van der Waals surface area contributed by atoms with Gasteiger partial charge >= 0.3 is 0 Å². The Morgan fingerprint density at radius 2 is 2.00 bits per heavy atom. The van der Waals surface area contributed by atoms with Crippen LogP contribution in [0.15, 0.2) is 42.5 Å². The van der Waals surface area contributed by atoms with Gasteiger partial charge in [-0.05, 0) is 49.9 Å². The number of likely N-dealkylation sites (tertiary alicyclic amines) is 1. The first-order valence-corrected chi connectivity index (χ1v) is 9.50. The second-order valence-electron chi connectivity index (χ2n) is 6.66. The highest BCUT2D eigenvalue weighted by molar-refractivity contribution is 7.16. The van der Waals surface area contributed by atoms with Crippen LogP contribution >= 0.6 is 22.9 Å². The van der Waals surface area contributed by atoms with Crippen molar-refractivity contribution < 1.29 is 5.11 Å². The van der Waals surface area contributed by atoms with E-state index in [0.29, 0.717) is 0 Å². The van der Waals surface area contributed by atoms with Crippen molar-refractivity contribution in [1.29, 1.82) is 0 Å². The average Bonchev–Trinajstić information content (AvgIpc) is 2.99. The zero-order chi connectivity index (χ0) is 16.1. The Balaban J connectivity index is 1.61. The van der Waals surface area contributed by atoms with E-state index in [9.17, 15) is 5.11 Å². The van der Waals surface area contributed by atoms with Crippen LogP contribution < -0.4 is 0 Å². The zero-order valence-corrected chi connectivity index (χ0v) is 15.0. The van der Waals surface area contributed by atoms with Crippen LogP contribution in [0.2, 0.25) is 4.34 Å². The fraction of sp³-hybridized carbons (Fsp3) is 0.474. The standard InChI is InChI=1S/C19H24ClNOS/c20-18-8-7-17(23-18)13-21-12-4-10-19(14-21,15-22)11-9-16-5-2-1-3-6-16/h1-3,5-8,22H,4,9-15H2/t19-/m0/s1. The van der Waals surface area contributed by atoms with Crippen LogP contribution in [0.3, 0.4) is 0 Å². The summed E-state index contributed by atoms with van der Waals surface area (Å²) in [5.41, 5.74) is 1.40. The molecule has 2 aromatic rings. The molecule has 3 rings (SSSR count). The minimum atomic E-state index is 0.0369. The molecular weight excluding hydrogens is 326 g/mol.